The lowest BCUT2D eigenvalue weighted by atomic mass is 10.2. The van der Waals surface area contributed by atoms with Gasteiger partial charge in [-0.1, -0.05) is 12.8 Å². The maximum absolute atomic E-state index is 11.9. The molecule has 1 aliphatic rings. The Balaban J connectivity index is 0.00000256. The molecule has 0 radical (unpaired) electrons. The molecule has 5 heteroatoms. The molecule has 1 amide bonds. The number of likely N-dealkylation sites (N-methyl/N-ethyl adjacent to an activating group) is 1. The predicted octanol–water partition coefficient (Wildman–Crippen LogP) is 1.44. The molecule has 0 aromatic rings. The number of hydrogen-bond acceptors (Lipinski definition) is 3. The monoisotopic (exact) mass is 264 g/mol. The van der Waals surface area contributed by atoms with E-state index < -0.39 is 0 Å². The van der Waals surface area contributed by atoms with E-state index in [9.17, 15) is 4.79 Å². The Kier molecular flexibility index (Phi) is 9.50. The lowest BCUT2D eigenvalue weighted by Gasteiger charge is -2.27. The largest absolute Gasteiger partial charge is 0.383 e. The smallest absolute Gasteiger partial charge is 0.236 e. The fourth-order valence-corrected chi connectivity index (χ4v) is 2.33. The number of halogens is 1. The van der Waals surface area contributed by atoms with Crippen molar-refractivity contribution in [1.82, 2.24) is 10.2 Å². The lowest BCUT2D eigenvalue weighted by Crippen LogP contribution is -2.43. The van der Waals surface area contributed by atoms with Crippen molar-refractivity contribution in [3.63, 3.8) is 0 Å². The number of hydrogen-bond donors (Lipinski definition) is 1. The average molecular weight is 265 g/mol. The summed E-state index contributed by atoms with van der Waals surface area (Å²) >= 11 is 0. The Hall–Kier alpha value is -0.320. The number of ether oxygens (including phenoxy) is 1. The number of methoxy groups -OCH3 is 1. The minimum atomic E-state index is 0. The quantitative estimate of drug-likeness (QED) is 0.708. The van der Waals surface area contributed by atoms with Gasteiger partial charge in [0.1, 0.15) is 0 Å². The van der Waals surface area contributed by atoms with Crippen LogP contribution in [-0.4, -0.2) is 50.2 Å². The van der Waals surface area contributed by atoms with Crippen LogP contribution >= 0.6 is 12.4 Å². The van der Waals surface area contributed by atoms with Crippen LogP contribution in [0.2, 0.25) is 0 Å². The van der Waals surface area contributed by atoms with Crippen molar-refractivity contribution in [2.24, 2.45) is 0 Å². The molecule has 0 aromatic heterocycles. The Bertz CT molecular complexity index is 209. The number of rotatable bonds is 7. The highest BCUT2D eigenvalue weighted by Gasteiger charge is 2.24. The maximum Gasteiger partial charge on any atom is 0.236 e. The third-order valence-corrected chi connectivity index (χ3v) is 3.19. The number of nitrogens with zero attached hydrogens (tertiary/aromatic N) is 1. The zero-order valence-electron chi connectivity index (χ0n) is 10.9. The molecule has 0 aromatic carbocycles. The van der Waals surface area contributed by atoms with Crippen LogP contribution < -0.4 is 5.32 Å². The molecular weight excluding hydrogens is 240 g/mol. The summed E-state index contributed by atoms with van der Waals surface area (Å²) in [6.07, 6.45) is 4.90. The van der Waals surface area contributed by atoms with E-state index >= 15 is 0 Å². The normalized spacial score (nSPS) is 15.6. The summed E-state index contributed by atoms with van der Waals surface area (Å²) in [5, 5.41) is 3.11. The number of amides is 1. The van der Waals surface area contributed by atoms with E-state index in [1.54, 1.807) is 7.11 Å². The SMILES string of the molecule is CCN(C(=O)CNCCOC)C1CCCC1.Cl. The first-order chi connectivity index (χ1) is 7.79. The number of carbonyl (C=O) groups excluding carboxylic acids is 1. The molecule has 4 nitrogen and oxygen atoms in total. The summed E-state index contributed by atoms with van der Waals surface area (Å²) in [5.74, 6) is 0.227. The first kappa shape index (κ1) is 16.7. The molecule has 0 aliphatic heterocycles. The van der Waals surface area contributed by atoms with Gasteiger partial charge in [0.15, 0.2) is 0 Å². The molecule has 0 atom stereocenters. The van der Waals surface area contributed by atoms with Gasteiger partial charge in [-0.3, -0.25) is 4.79 Å². The van der Waals surface area contributed by atoms with Crippen molar-refractivity contribution >= 4 is 18.3 Å². The van der Waals surface area contributed by atoms with Gasteiger partial charge in [0.2, 0.25) is 5.91 Å². The zero-order valence-corrected chi connectivity index (χ0v) is 11.7. The number of carbonyl (C=O) groups is 1. The topological polar surface area (TPSA) is 41.6 Å². The van der Waals surface area contributed by atoms with Crippen LogP contribution in [0.15, 0.2) is 0 Å². The van der Waals surface area contributed by atoms with E-state index in [0.717, 1.165) is 13.1 Å². The van der Waals surface area contributed by atoms with Crippen LogP contribution in [0.1, 0.15) is 32.6 Å². The van der Waals surface area contributed by atoms with Gasteiger partial charge in [-0.2, -0.15) is 0 Å². The van der Waals surface area contributed by atoms with Crippen LogP contribution in [0.4, 0.5) is 0 Å². The van der Waals surface area contributed by atoms with Crippen molar-refractivity contribution in [2.75, 3.05) is 33.4 Å². The molecule has 0 saturated heterocycles. The predicted molar refractivity (Wildman–Crippen MR) is 71.6 cm³/mol. The van der Waals surface area contributed by atoms with E-state index in [-0.39, 0.29) is 18.3 Å². The Morgan fingerprint density at radius 3 is 2.59 bits per heavy atom. The van der Waals surface area contributed by atoms with E-state index in [1.807, 2.05) is 4.90 Å². The minimum absolute atomic E-state index is 0. The van der Waals surface area contributed by atoms with Crippen LogP contribution in [0, 0.1) is 0 Å². The third kappa shape index (κ3) is 5.70. The summed E-state index contributed by atoms with van der Waals surface area (Å²) in [6.45, 7) is 4.72. The molecule has 0 spiro atoms. The molecular formula is C12H25ClN2O2. The van der Waals surface area contributed by atoms with E-state index in [2.05, 4.69) is 12.2 Å². The molecule has 1 aliphatic carbocycles. The molecule has 1 rings (SSSR count). The molecule has 0 unspecified atom stereocenters. The van der Waals surface area contributed by atoms with Gasteiger partial charge >= 0.3 is 0 Å². The Labute approximate surface area is 110 Å². The highest BCUT2D eigenvalue weighted by molar-refractivity contribution is 5.85. The summed E-state index contributed by atoms with van der Waals surface area (Å²) in [4.78, 5) is 14.0. The number of nitrogens with one attached hydrogen (secondary N) is 1. The molecule has 1 N–H and O–H groups in total. The summed E-state index contributed by atoms with van der Waals surface area (Å²) < 4.78 is 4.92. The van der Waals surface area contributed by atoms with E-state index in [0.29, 0.717) is 19.2 Å². The molecule has 17 heavy (non-hydrogen) atoms. The van der Waals surface area contributed by atoms with Crippen LogP contribution in [0.25, 0.3) is 0 Å². The van der Waals surface area contributed by atoms with Gasteiger partial charge in [-0.05, 0) is 19.8 Å². The van der Waals surface area contributed by atoms with Crippen LogP contribution in [0.3, 0.4) is 0 Å². The van der Waals surface area contributed by atoms with Crippen molar-refractivity contribution in [3.05, 3.63) is 0 Å². The lowest BCUT2D eigenvalue weighted by molar-refractivity contribution is -0.132. The zero-order chi connectivity index (χ0) is 11.8. The van der Waals surface area contributed by atoms with E-state index in [4.69, 9.17) is 4.74 Å². The van der Waals surface area contributed by atoms with Crippen molar-refractivity contribution in [3.8, 4) is 0 Å². The Morgan fingerprint density at radius 2 is 2.06 bits per heavy atom. The molecule has 0 bridgehead atoms. The highest BCUT2D eigenvalue weighted by Crippen LogP contribution is 2.23. The third-order valence-electron chi connectivity index (χ3n) is 3.19. The van der Waals surface area contributed by atoms with E-state index in [1.165, 1.54) is 25.7 Å². The maximum atomic E-state index is 11.9. The second kappa shape index (κ2) is 9.68. The fraction of sp³-hybridized carbons (Fsp3) is 0.917. The summed E-state index contributed by atoms with van der Waals surface area (Å²) in [7, 11) is 1.67. The first-order valence-electron chi connectivity index (χ1n) is 6.28. The highest BCUT2D eigenvalue weighted by atomic mass is 35.5. The van der Waals surface area contributed by atoms with Gasteiger partial charge < -0.3 is 15.0 Å². The van der Waals surface area contributed by atoms with Gasteiger partial charge in [0, 0.05) is 26.2 Å². The van der Waals surface area contributed by atoms with Crippen molar-refractivity contribution < 1.29 is 9.53 Å². The van der Waals surface area contributed by atoms with Crippen molar-refractivity contribution in [1.29, 1.82) is 0 Å². The fourth-order valence-electron chi connectivity index (χ4n) is 2.33. The van der Waals surface area contributed by atoms with Gasteiger partial charge in [-0.25, -0.2) is 0 Å². The van der Waals surface area contributed by atoms with Crippen LogP contribution in [-0.2, 0) is 9.53 Å². The molecule has 1 fully saturated rings. The second-order valence-electron chi connectivity index (χ2n) is 4.29. The molecule has 102 valence electrons. The Morgan fingerprint density at radius 1 is 1.41 bits per heavy atom. The van der Waals surface area contributed by atoms with Gasteiger partial charge in [-0.15, -0.1) is 12.4 Å². The minimum Gasteiger partial charge on any atom is -0.383 e. The van der Waals surface area contributed by atoms with Crippen molar-refractivity contribution in [2.45, 2.75) is 38.6 Å². The first-order valence-corrected chi connectivity index (χ1v) is 6.28. The van der Waals surface area contributed by atoms with Crippen LogP contribution in [0.5, 0.6) is 0 Å². The van der Waals surface area contributed by atoms with Gasteiger partial charge in [0.25, 0.3) is 0 Å². The summed E-state index contributed by atoms with van der Waals surface area (Å²) in [5.41, 5.74) is 0. The molecule has 0 heterocycles. The van der Waals surface area contributed by atoms with Gasteiger partial charge in [0.05, 0.1) is 13.2 Å². The average Bonchev–Trinajstić information content (AvgIpc) is 2.79. The second-order valence-corrected chi connectivity index (χ2v) is 4.29. The summed E-state index contributed by atoms with van der Waals surface area (Å²) in [6, 6.07) is 0.488. The molecule has 1 saturated carbocycles. The standard InChI is InChI=1S/C12H24N2O2.ClH/c1-3-14(11-6-4-5-7-11)12(15)10-13-8-9-16-2;/h11,13H,3-10H2,1-2H3;1H.